The number of rotatable bonds is 7. The third-order valence-corrected chi connectivity index (χ3v) is 8.91. The molecule has 1 aromatic carbocycles. The Bertz CT molecular complexity index is 1920. The van der Waals surface area contributed by atoms with Crippen LogP contribution in [0, 0.1) is 103 Å². The fraction of sp³-hybridized carbons (Fsp3) is 0.409. The van der Waals surface area contributed by atoms with Crippen LogP contribution in [0.25, 0.3) is 19.4 Å². The summed E-state index contributed by atoms with van der Waals surface area (Å²) >= 11 is 0. The van der Waals surface area contributed by atoms with E-state index < -0.39 is 0 Å². The summed E-state index contributed by atoms with van der Waals surface area (Å²) in [4.78, 5) is 21.1. The molecule has 10 heteroatoms. The Hall–Kier alpha value is -6.82. The standard InChI is InChI=1S/C16H14N4.C15H20N2.C10H6N4.C3H8/c1-5-12-7-6-8-13(12)16(15(10-18)20-4)11(2)14(9-17)19-3;1-11-9-15(12(2)8-14(11)16-3)17-10-13-6-4-5-7-13;1-7(9(5-11)13-3)8(2)10(6-12)14-4;1-3-2/h5,12-13H,1,6-8H2,2H3;8-10,13H,3-7H2,1-2H3;1-2H3;3H2,1-2H3/b14-11+,16-15+;;9-7-,10-8+;. The lowest BCUT2D eigenvalue weighted by atomic mass is 9.83. The maximum Gasteiger partial charge on any atom is 0.264 e. The van der Waals surface area contributed by atoms with Crippen LogP contribution in [-0.2, 0) is 0 Å². The summed E-state index contributed by atoms with van der Waals surface area (Å²) in [7, 11) is 0. The minimum atomic E-state index is -0.0844. The fourth-order valence-electron chi connectivity index (χ4n) is 5.85. The smallest absolute Gasteiger partial charge is 0.264 e. The molecule has 0 radical (unpaired) electrons. The van der Waals surface area contributed by atoms with Gasteiger partial charge in [-0.3, -0.25) is 9.98 Å². The maximum absolute atomic E-state index is 9.16. The summed E-state index contributed by atoms with van der Waals surface area (Å²) in [5.41, 5.74) is 5.89. The van der Waals surface area contributed by atoms with Crippen molar-refractivity contribution < 1.29 is 0 Å². The van der Waals surface area contributed by atoms with Gasteiger partial charge in [0.05, 0.1) is 61.9 Å². The number of hydrogen-bond donors (Lipinski definition) is 0. The molecular formula is C44H48N10. The van der Waals surface area contributed by atoms with Gasteiger partial charge >= 0.3 is 0 Å². The number of nitriles is 4. The van der Waals surface area contributed by atoms with Crippen LogP contribution in [0.1, 0.15) is 97.1 Å². The highest BCUT2D eigenvalue weighted by molar-refractivity contribution is 5.70. The van der Waals surface area contributed by atoms with E-state index in [1.807, 2.05) is 18.2 Å². The summed E-state index contributed by atoms with van der Waals surface area (Å²) < 4.78 is 0. The van der Waals surface area contributed by atoms with E-state index in [-0.39, 0.29) is 34.6 Å². The summed E-state index contributed by atoms with van der Waals surface area (Å²) in [5.74, 6) is 0.879. The van der Waals surface area contributed by atoms with Crippen molar-refractivity contribution in [3.63, 3.8) is 0 Å². The zero-order valence-corrected chi connectivity index (χ0v) is 32.6. The van der Waals surface area contributed by atoms with Crippen LogP contribution in [-0.4, -0.2) is 12.9 Å². The number of aliphatic imine (C=N–C) groups is 2. The average molecular weight is 717 g/mol. The lowest BCUT2D eigenvalue weighted by molar-refractivity contribution is 0.533. The molecule has 2 unspecified atom stereocenters. The van der Waals surface area contributed by atoms with Crippen molar-refractivity contribution >= 4 is 24.3 Å². The summed E-state index contributed by atoms with van der Waals surface area (Å²) in [6.07, 6.45) is 13.3. The molecule has 54 heavy (non-hydrogen) atoms. The molecule has 0 N–H and O–H groups in total. The van der Waals surface area contributed by atoms with Gasteiger partial charge in [0.1, 0.15) is 0 Å². The zero-order chi connectivity index (χ0) is 41.2. The van der Waals surface area contributed by atoms with E-state index in [1.54, 1.807) is 32.9 Å². The van der Waals surface area contributed by atoms with Gasteiger partial charge in [0.15, 0.2) is 0 Å². The van der Waals surface area contributed by atoms with Gasteiger partial charge in [-0.2, -0.15) is 0 Å². The Morgan fingerprint density at radius 1 is 0.722 bits per heavy atom. The molecule has 0 bridgehead atoms. The first-order chi connectivity index (χ1) is 25.9. The van der Waals surface area contributed by atoms with Crippen LogP contribution in [0.4, 0.5) is 11.4 Å². The van der Waals surface area contributed by atoms with Gasteiger partial charge in [0, 0.05) is 6.21 Å². The van der Waals surface area contributed by atoms with E-state index in [0.717, 1.165) is 36.2 Å². The van der Waals surface area contributed by atoms with E-state index >= 15 is 0 Å². The van der Waals surface area contributed by atoms with E-state index in [1.165, 1.54) is 37.7 Å². The van der Waals surface area contributed by atoms with Crippen LogP contribution >= 0.6 is 0 Å². The van der Waals surface area contributed by atoms with Crippen molar-refractivity contribution in [2.75, 3.05) is 0 Å². The number of hydrogen-bond acceptors (Lipinski definition) is 6. The lowest BCUT2D eigenvalue weighted by Gasteiger charge is -2.21. The normalized spacial score (nSPS) is 17.4. The van der Waals surface area contributed by atoms with E-state index in [9.17, 15) is 0 Å². The highest BCUT2D eigenvalue weighted by Gasteiger charge is 2.31. The minimum Gasteiger partial charge on any atom is -0.264 e. The van der Waals surface area contributed by atoms with Crippen molar-refractivity contribution in [1.82, 2.24) is 0 Å². The van der Waals surface area contributed by atoms with Crippen LogP contribution in [0.2, 0.25) is 0 Å². The van der Waals surface area contributed by atoms with Crippen molar-refractivity contribution in [3.8, 4) is 24.3 Å². The first-order valence-corrected chi connectivity index (χ1v) is 17.6. The first kappa shape index (κ1) is 47.2. The molecule has 2 fully saturated rings. The second-order valence-corrected chi connectivity index (χ2v) is 12.6. The van der Waals surface area contributed by atoms with Crippen LogP contribution in [0.5, 0.6) is 0 Å². The molecule has 0 spiro atoms. The second-order valence-electron chi connectivity index (χ2n) is 12.6. The fourth-order valence-corrected chi connectivity index (χ4v) is 5.85. The zero-order valence-electron chi connectivity index (χ0n) is 32.6. The van der Waals surface area contributed by atoms with Gasteiger partial charge in [-0.05, 0) is 130 Å². The molecule has 10 nitrogen and oxygen atoms in total. The molecule has 1 aromatic rings. The molecular weight excluding hydrogens is 669 g/mol. The molecule has 2 aliphatic rings. The molecule has 0 aliphatic heterocycles. The van der Waals surface area contributed by atoms with Crippen LogP contribution in [0.3, 0.4) is 0 Å². The molecule has 0 aromatic heterocycles. The average Bonchev–Trinajstić information content (AvgIpc) is 3.88. The minimum absolute atomic E-state index is 0.00125. The Kier molecular flexibility index (Phi) is 22.7. The van der Waals surface area contributed by atoms with Crippen LogP contribution < -0.4 is 0 Å². The summed E-state index contributed by atoms with van der Waals surface area (Å²) in [5, 5.41) is 35.3. The Labute approximate surface area is 323 Å². The van der Waals surface area contributed by atoms with E-state index in [2.05, 4.69) is 88.7 Å². The number of allylic oxidation sites excluding steroid dienone is 9. The van der Waals surface area contributed by atoms with Crippen LogP contribution in [0.15, 0.2) is 79.9 Å². The number of aryl methyl sites for hydroxylation is 2. The topological polar surface area (TPSA) is 137 Å². The van der Waals surface area contributed by atoms with Gasteiger partial charge in [-0.25, -0.2) is 40.4 Å². The Balaban J connectivity index is 0.000000763. The Morgan fingerprint density at radius 2 is 1.15 bits per heavy atom. The molecule has 0 amide bonds. The van der Waals surface area contributed by atoms with Crippen molar-refractivity contribution in [2.45, 2.75) is 99.8 Å². The second kappa shape index (κ2) is 26.0. The monoisotopic (exact) mass is 716 g/mol. The molecule has 2 saturated carbocycles. The third kappa shape index (κ3) is 14.1. The third-order valence-electron chi connectivity index (χ3n) is 8.91. The Morgan fingerprint density at radius 3 is 1.56 bits per heavy atom. The maximum atomic E-state index is 9.16. The van der Waals surface area contributed by atoms with Crippen molar-refractivity contribution in [2.24, 2.45) is 27.7 Å². The predicted molar refractivity (Wildman–Crippen MR) is 216 cm³/mol. The van der Waals surface area contributed by atoms with Gasteiger partial charge < -0.3 is 0 Å². The summed E-state index contributed by atoms with van der Waals surface area (Å²) in [6, 6.07) is 11.3. The van der Waals surface area contributed by atoms with Gasteiger partial charge in [0.2, 0.25) is 0 Å². The van der Waals surface area contributed by atoms with Gasteiger partial charge in [-0.1, -0.05) is 45.6 Å². The largest absolute Gasteiger partial charge is 0.264 e. The number of nitrogens with zero attached hydrogens (tertiary/aromatic N) is 10. The number of benzene rings is 1. The molecule has 2 atom stereocenters. The molecule has 0 saturated heterocycles. The quantitative estimate of drug-likeness (QED) is 0.0911. The van der Waals surface area contributed by atoms with Crippen molar-refractivity contribution in [1.29, 1.82) is 21.0 Å². The SMILES string of the molecule is C=Nc1cc(C)c(N=CC2CCCC2)cc1C.CCC.[C-]#[N+]/C(C#N)=C(C)\C(C)=C(/C#N)[N+]#[C-].[C-]#[N+]/C(C#N)=C(\C(C)=C(/C#N)[N+]#[C-])C1CCCC1C=C. The van der Waals surface area contributed by atoms with E-state index in [0.29, 0.717) is 28.2 Å². The molecule has 2 aliphatic carbocycles. The highest BCUT2D eigenvalue weighted by atomic mass is 14.7. The summed E-state index contributed by atoms with van der Waals surface area (Å²) in [6.45, 7) is 48.1. The highest BCUT2D eigenvalue weighted by Crippen LogP contribution is 2.42. The van der Waals surface area contributed by atoms with Gasteiger partial charge in [0.25, 0.3) is 22.8 Å². The van der Waals surface area contributed by atoms with E-state index in [4.69, 9.17) is 47.3 Å². The van der Waals surface area contributed by atoms with Crippen molar-refractivity contribution in [3.05, 3.63) is 127 Å². The first-order valence-electron chi connectivity index (χ1n) is 17.6. The van der Waals surface area contributed by atoms with Gasteiger partial charge in [-0.15, -0.1) is 6.58 Å². The molecule has 3 rings (SSSR count). The lowest BCUT2D eigenvalue weighted by Crippen LogP contribution is -2.12. The molecule has 0 heterocycles. The predicted octanol–water partition coefficient (Wildman–Crippen LogP) is 12.4. The molecule has 274 valence electrons.